The van der Waals surface area contributed by atoms with Gasteiger partial charge in [0.15, 0.2) is 0 Å². The number of para-hydroxylation sites is 1. The molecule has 0 saturated carbocycles. The van der Waals surface area contributed by atoms with Crippen LogP contribution < -0.4 is 5.56 Å². The number of halogens is 4. The predicted molar refractivity (Wildman–Crippen MR) is 117 cm³/mol. The van der Waals surface area contributed by atoms with E-state index in [1.165, 1.54) is 35.0 Å². The molecule has 0 amide bonds. The highest BCUT2D eigenvalue weighted by atomic mass is 35.5. The van der Waals surface area contributed by atoms with E-state index in [0.717, 1.165) is 6.07 Å². The van der Waals surface area contributed by atoms with Crippen LogP contribution in [0.15, 0.2) is 64.7 Å². The van der Waals surface area contributed by atoms with Gasteiger partial charge in [0.05, 0.1) is 20.8 Å². The molecule has 0 aliphatic carbocycles. The summed E-state index contributed by atoms with van der Waals surface area (Å²) in [4.78, 5) is 17.8. The lowest BCUT2D eigenvalue weighted by atomic mass is 10.0. The Bertz CT molecular complexity index is 1130. The molecule has 9 heteroatoms. The summed E-state index contributed by atoms with van der Waals surface area (Å²) in [5.74, 6) is -0.503. The number of oxime groups is 1. The molecular formula is C21H16Cl3FN2O3. The lowest BCUT2D eigenvalue weighted by Crippen LogP contribution is -2.20. The predicted octanol–water partition coefficient (Wildman–Crippen LogP) is 5.09. The normalized spacial score (nSPS) is 11.6. The van der Waals surface area contributed by atoms with Gasteiger partial charge in [0.25, 0.3) is 5.56 Å². The molecule has 1 heterocycles. The van der Waals surface area contributed by atoms with Gasteiger partial charge in [0.2, 0.25) is 0 Å². The van der Waals surface area contributed by atoms with Gasteiger partial charge >= 0.3 is 0 Å². The topological polar surface area (TPSA) is 63.8 Å². The number of nitrogens with zero attached hydrogens (tertiary/aromatic N) is 2. The van der Waals surface area contributed by atoms with Gasteiger partial charge in [-0.3, -0.25) is 9.36 Å². The smallest absolute Gasteiger partial charge is 0.255 e. The maximum atomic E-state index is 13.5. The Hall–Kier alpha value is -2.38. The van der Waals surface area contributed by atoms with Crippen molar-refractivity contribution < 1.29 is 14.3 Å². The molecule has 0 spiro atoms. The zero-order valence-corrected chi connectivity index (χ0v) is 17.8. The van der Waals surface area contributed by atoms with Crippen LogP contribution in [-0.4, -0.2) is 28.6 Å². The van der Waals surface area contributed by atoms with Crippen molar-refractivity contribution >= 4 is 40.5 Å². The van der Waals surface area contributed by atoms with Crippen molar-refractivity contribution in [2.24, 2.45) is 5.16 Å². The molecule has 0 unspecified atom stereocenters. The van der Waals surface area contributed by atoms with Crippen LogP contribution in [0.3, 0.4) is 0 Å². The molecule has 0 aliphatic heterocycles. The molecule has 1 N–H and O–H groups in total. The number of hydrogen-bond acceptors (Lipinski definition) is 4. The van der Waals surface area contributed by atoms with Crippen molar-refractivity contribution in [2.75, 3.05) is 13.2 Å². The number of aliphatic hydroxyl groups excluding tert-OH is 1. The second-order valence-corrected chi connectivity index (χ2v) is 7.39. The van der Waals surface area contributed by atoms with Gasteiger partial charge < -0.3 is 9.94 Å². The van der Waals surface area contributed by atoms with Crippen LogP contribution in [0.25, 0.3) is 5.69 Å². The molecule has 1 aromatic heterocycles. The van der Waals surface area contributed by atoms with Crippen molar-refractivity contribution in [1.29, 1.82) is 0 Å². The Balaban J connectivity index is 2.15. The summed E-state index contributed by atoms with van der Waals surface area (Å²) in [5, 5.41) is 13.8. The maximum absolute atomic E-state index is 13.5. The van der Waals surface area contributed by atoms with E-state index in [-0.39, 0.29) is 29.5 Å². The molecule has 3 aromatic rings. The molecule has 30 heavy (non-hydrogen) atoms. The number of benzene rings is 2. The summed E-state index contributed by atoms with van der Waals surface area (Å²) < 4.78 is 14.8. The fourth-order valence-electron chi connectivity index (χ4n) is 2.70. The van der Waals surface area contributed by atoms with Crippen molar-refractivity contribution in [2.45, 2.75) is 6.42 Å². The van der Waals surface area contributed by atoms with Crippen LogP contribution in [0, 0.1) is 5.82 Å². The zero-order valence-electron chi connectivity index (χ0n) is 15.5. The summed E-state index contributed by atoms with van der Waals surface area (Å²) in [6.07, 6.45) is 1.88. The Morgan fingerprint density at radius 3 is 2.47 bits per heavy atom. The largest absolute Gasteiger partial charge is 0.396 e. The van der Waals surface area contributed by atoms with Gasteiger partial charge in [0.1, 0.15) is 18.1 Å². The van der Waals surface area contributed by atoms with Crippen molar-refractivity contribution in [1.82, 2.24) is 4.57 Å². The number of pyridine rings is 1. The van der Waals surface area contributed by atoms with Crippen molar-refractivity contribution in [3.63, 3.8) is 0 Å². The van der Waals surface area contributed by atoms with Gasteiger partial charge in [-0.15, -0.1) is 0 Å². The molecule has 2 aromatic carbocycles. The number of aromatic nitrogens is 1. The summed E-state index contributed by atoms with van der Waals surface area (Å²) in [5.41, 5.74) is 1.09. The standard InChI is InChI=1S/C21H16Cl3FN2O3/c22-16-3-1-4-17(23)21(16)27-12-13(5-8-19(27)29)20(26-30-10-2-9-28)15-7-6-14(25)11-18(15)24/h1,3-8,11-12,28H,2,9-10H2. The van der Waals surface area contributed by atoms with Crippen LogP contribution in [0.4, 0.5) is 4.39 Å². The lowest BCUT2D eigenvalue weighted by Gasteiger charge is -2.14. The van der Waals surface area contributed by atoms with Crippen LogP contribution in [-0.2, 0) is 4.84 Å². The lowest BCUT2D eigenvalue weighted by molar-refractivity contribution is 0.124. The first kappa shape index (κ1) is 22.3. The van der Waals surface area contributed by atoms with E-state index in [9.17, 15) is 9.18 Å². The highest BCUT2D eigenvalue weighted by molar-refractivity contribution is 6.38. The molecule has 0 fully saturated rings. The number of hydrogen-bond donors (Lipinski definition) is 1. The van der Waals surface area contributed by atoms with Crippen LogP contribution >= 0.6 is 34.8 Å². The molecule has 3 rings (SSSR count). The molecule has 0 saturated heterocycles. The molecule has 0 radical (unpaired) electrons. The van der Waals surface area contributed by atoms with Crippen molar-refractivity contribution in [3.05, 3.63) is 97.1 Å². The molecule has 0 atom stereocenters. The minimum Gasteiger partial charge on any atom is -0.396 e. The summed E-state index contributed by atoms with van der Waals surface area (Å²) in [7, 11) is 0. The van der Waals surface area contributed by atoms with Crippen LogP contribution in [0.1, 0.15) is 17.5 Å². The van der Waals surface area contributed by atoms with Crippen LogP contribution in [0.5, 0.6) is 0 Å². The third-order valence-electron chi connectivity index (χ3n) is 4.10. The Kier molecular flexibility index (Phi) is 7.50. The summed E-state index contributed by atoms with van der Waals surface area (Å²) >= 11 is 18.7. The summed E-state index contributed by atoms with van der Waals surface area (Å²) in [6, 6.07) is 11.6. The van der Waals surface area contributed by atoms with Gasteiger partial charge in [0, 0.05) is 36.4 Å². The van der Waals surface area contributed by atoms with Gasteiger partial charge in [-0.1, -0.05) is 46.0 Å². The third-order valence-corrected chi connectivity index (χ3v) is 5.02. The maximum Gasteiger partial charge on any atom is 0.255 e. The van der Waals surface area contributed by atoms with E-state index >= 15 is 0 Å². The van der Waals surface area contributed by atoms with E-state index in [1.807, 2.05) is 0 Å². The van der Waals surface area contributed by atoms with E-state index in [4.69, 9.17) is 44.7 Å². The van der Waals surface area contributed by atoms with Crippen LogP contribution in [0.2, 0.25) is 15.1 Å². The fourth-order valence-corrected chi connectivity index (χ4v) is 3.54. The number of aliphatic hydroxyl groups is 1. The first-order valence-electron chi connectivity index (χ1n) is 8.86. The number of rotatable bonds is 7. The fraction of sp³-hybridized carbons (Fsp3) is 0.143. The highest BCUT2D eigenvalue weighted by Crippen LogP contribution is 2.28. The second-order valence-electron chi connectivity index (χ2n) is 6.17. The van der Waals surface area contributed by atoms with E-state index in [2.05, 4.69) is 5.16 Å². The Labute approximate surface area is 186 Å². The third kappa shape index (κ3) is 5.02. The van der Waals surface area contributed by atoms with E-state index in [0.29, 0.717) is 33.3 Å². The molecular weight excluding hydrogens is 454 g/mol. The zero-order chi connectivity index (χ0) is 21.7. The van der Waals surface area contributed by atoms with Gasteiger partial charge in [-0.25, -0.2) is 4.39 Å². The average molecular weight is 470 g/mol. The Morgan fingerprint density at radius 2 is 1.80 bits per heavy atom. The van der Waals surface area contributed by atoms with Gasteiger partial charge in [-0.2, -0.15) is 0 Å². The minimum absolute atomic E-state index is 0.0575. The average Bonchev–Trinajstić information content (AvgIpc) is 2.70. The monoisotopic (exact) mass is 468 g/mol. The Morgan fingerprint density at radius 1 is 1.07 bits per heavy atom. The van der Waals surface area contributed by atoms with E-state index < -0.39 is 5.82 Å². The van der Waals surface area contributed by atoms with Gasteiger partial charge in [-0.05, 0) is 36.4 Å². The second kappa shape index (κ2) is 10.1. The quantitative estimate of drug-likeness (QED) is 0.298. The minimum atomic E-state index is -0.503. The molecule has 156 valence electrons. The SMILES string of the molecule is O=c1ccc(C(=NOCCCO)c2ccc(F)cc2Cl)cn1-c1c(Cl)cccc1Cl. The first-order valence-corrected chi connectivity index (χ1v) is 9.99. The molecule has 0 aliphatic rings. The van der Waals surface area contributed by atoms with E-state index in [1.54, 1.807) is 18.2 Å². The highest BCUT2D eigenvalue weighted by Gasteiger charge is 2.16. The molecule has 0 bridgehead atoms. The summed E-state index contributed by atoms with van der Waals surface area (Å²) in [6.45, 7) is 0.104. The first-order chi connectivity index (χ1) is 14.4. The molecule has 5 nitrogen and oxygen atoms in total. The van der Waals surface area contributed by atoms with Crippen molar-refractivity contribution in [3.8, 4) is 5.69 Å².